The van der Waals surface area contributed by atoms with Crippen LogP contribution < -0.4 is 9.64 Å². The van der Waals surface area contributed by atoms with Crippen molar-refractivity contribution in [3.63, 3.8) is 0 Å². The minimum atomic E-state index is -3.64. The van der Waals surface area contributed by atoms with Gasteiger partial charge >= 0.3 is 0 Å². The molecule has 0 unspecified atom stereocenters. The number of para-hydroxylation sites is 1. The van der Waals surface area contributed by atoms with Gasteiger partial charge in [-0.1, -0.05) is 37.7 Å². The number of sulfonamides is 1. The topological polar surface area (TPSA) is 93.0 Å². The molecule has 196 valence electrons. The minimum absolute atomic E-state index is 0.168. The van der Waals surface area contributed by atoms with Crippen molar-refractivity contribution in [2.24, 2.45) is 0 Å². The number of carbonyl (C=O) groups excluding carboxylic acids is 1. The summed E-state index contributed by atoms with van der Waals surface area (Å²) in [4.78, 5) is 20.2. The van der Waals surface area contributed by atoms with E-state index >= 15 is 0 Å². The van der Waals surface area contributed by atoms with E-state index in [1.807, 2.05) is 39.0 Å². The molecular formula is C27H31N3O5S2. The van der Waals surface area contributed by atoms with Crippen LogP contribution in [0.5, 0.6) is 5.75 Å². The van der Waals surface area contributed by atoms with E-state index in [0.717, 1.165) is 17.5 Å². The minimum Gasteiger partial charge on any atom is -0.492 e. The summed E-state index contributed by atoms with van der Waals surface area (Å²) in [5.74, 6) is 0.952. The molecule has 2 aromatic heterocycles. The van der Waals surface area contributed by atoms with Gasteiger partial charge in [0.2, 0.25) is 10.0 Å². The average Bonchev–Trinajstić information content (AvgIpc) is 3.58. The average molecular weight is 542 g/mol. The van der Waals surface area contributed by atoms with Gasteiger partial charge in [0.1, 0.15) is 17.0 Å². The lowest BCUT2D eigenvalue weighted by Crippen LogP contribution is -2.32. The second kappa shape index (κ2) is 11.9. The van der Waals surface area contributed by atoms with Crippen molar-refractivity contribution in [2.75, 3.05) is 24.6 Å². The Hall–Kier alpha value is -3.21. The summed E-state index contributed by atoms with van der Waals surface area (Å²) >= 11 is 1.38. The van der Waals surface area contributed by atoms with Gasteiger partial charge in [-0.15, -0.1) is 0 Å². The summed E-state index contributed by atoms with van der Waals surface area (Å²) in [5, 5.41) is 0.497. The van der Waals surface area contributed by atoms with Crippen LogP contribution in [0.4, 0.5) is 5.13 Å². The van der Waals surface area contributed by atoms with Crippen molar-refractivity contribution in [1.29, 1.82) is 0 Å². The van der Waals surface area contributed by atoms with Crippen LogP contribution in [0.3, 0.4) is 0 Å². The van der Waals surface area contributed by atoms with Crippen LogP contribution in [0.15, 0.2) is 70.2 Å². The molecule has 0 atom stereocenters. The largest absolute Gasteiger partial charge is 0.492 e. The fourth-order valence-electron chi connectivity index (χ4n) is 3.94. The third-order valence-corrected chi connectivity index (χ3v) is 8.93. The van der Waals surface area contributed by atoms with Gasteiger partial charge in [-0.25, -0.2) is 13.4 Å². The molecule has 0 aliphatic heterocycles. The van der Waals surface area contributed by atoms with E-state index in [4.69, 9.17) is 14.1 Å². The zero-order valence-corrected chi connectivity index (χ0v) is 22.8. The maximum absolute atomic E-state index is 13.7. The summed E-state index contributed by atoms with van der Waals surface area (Å²) < 4.78 is 39.8. The van der Waals surface area contributed by atoms with E-state index in [1.165, 1.54) is 27.8 Å². The molecule has 0 saturated heterocycles. The van der Waals surface area contributed by atoms with Crippen molar-refractivity contribution in [2.45, 2.75) is 45.1 Å². The lowest BCUT2D eigenvalue weighted by Gasteiger charge is -2.21. The molecule has 10 heteroatoms. The number of carbonyl (C=O) groups is 1. The van der Waals surface area contributed by atoms with Crippen LogP contribution >= 0.6 is 11.3 Å². The highest BCUT2D eigenvalue weighted by molar-refractivity contribution is 7.89. The number of aromatic nitrogens is 1. The molecule has 0 N–H and O–H groups in total. The monoisotopic (exact) mass is 541 g/mol. The van der Waals surface area contributed by atoms with Crippen molar-refractivity contribution >= 4 is 42.6 Å². The van der Waals surface area contributed by atoms with E-state index in [1.54, 1.807) is 35.4 Å². The Bertz CT molecular complexity index is 1430. The number of anilines is 1. The number of ether oxygens (including phenoxy) is 1. The normalized spacial score (nSPS) is 11.8. The molecule has 0 fully saturated rings. The summed E-state index contributed by atoms with van der Waals surface area (Å²) in [5.41, 5.74) is 1.04. The Balaban J connectivity index is 1.67. The fraction of sp³-hybridized carbons (Fsp3) is 0.333. The number of hydrogen-bond donors (Lipinski definition) is 0. The standard InChI is InChI=1S/C27H31N3O5S2/c1-4-7-17-29(5-2)37(32,33)22-15-13-20(14-16-22)26(31)30(19-21-10-9-18-35-21)27-28-25-23(34-6-3)11-8-12-24(25)36-27/h8-16,18H,4-7,17,19H2,1-3H3. The lowest BCUT2D eigenvalue weighted by atomic mass is 10.2. The van der Waals surface area contributed by atoms with Gasteiger partial charge in [0.25, 0.3) is 5.91 Å². The zero-order chi connectivity index (χ0) is 26.4. The molecule has 0 aliphatic carbocycles. The Morgan fingerprint density at radius 3 is 2.49 bits per heavy atom. The molecule has 4 aromatic rings. The summed E-state index contributed by atoms with van der Waals surface area (Å²) in [7, 11) is -3.64. The first-order valence-corrected chi connectivity index (χ1v) is 14.6. The Morgan fingerprint density at radius 2 is 1.84 bits per heavy atom. The third-order valence-electron chi connectivity index (χ3n) is 5.89. The van der Waals surface area contributed by atoms with Gasteiger partial charge in [0.05, 0.1) is 29.0 Å². The highest BCUT2D eigenvalue weighted by atomic mass is 32.2. The van der Waals surface area contributed by atoms with Gasteiger partial charge in [-0.05, 0) is 61.9 Å². The number of thiazole rings is 1. The number of furan rings is 1. The number of hydrogen-bond acceptors (Lipinski definition) is 7. The Kier molecular flexibility index (Phi) is 8.63. The first-order valence-electron chi connectivity index (χ1n) is 12.4. The molecule has 2 heterocycles. The van der Waals surface area contributed by atoms with E-state index in [0.29, 0.717) is 47.4 Å². The van der Waals surface area contributed by atoms with Gasteiger partial charge in [0.15, 0.2) is 5.13 Å². The molecule has 37 heavy (non-hydrogen) atoms. The van der Waals surface area contributed by atoms with Crippen LogP contribution in [-0.2, 0) is 16.6 Å². The number of rotatable bonds is 12. The highest BCUT2D eigenvalue weighted by Crippen LogP contribution is 2.35. The molecule has 0 spiro atoms. The van der Waals surface area contributed by atoms with E-state index in [9.17, 15) is 13.2 Å². The van der Waals surface area contributed by atoms with Crippen LogP contribution in [-0.4, -0.2) is 43.3 Å². The second-order valence-corrected chi connectivity index (χ2v) is 11.3. The zero-order valence-electron chi connectivity index (χ0n) is 21.2. The predicted octanol–water partition coefficient (Wildman–Crippen LogP) is 5.95. The Morgan fingerprint density at radius 1 is 1.05 bits per heavy atom. The van der Waals surface area contributed by atoms with Crippen molar-refractivity contribution in [3.8, 4) is 5.75 Å². The van der Waals surface area contributed by atoms with Crippen LogP contribution in [0.2, 0.25) is 0 Å². The fourth-order valence-corrected chi connectivity index (χ4v) is 6.41. The number of nitrogens with zero attached hydrogens (tertiary/aromatic N) is 3. The summed E-state index contributed by atoms with van der Waals surface area (Å²) in [6.07, 6.45) is 3.25. The lowest BCUT2D eigenvalue weighted by molar-refractivity contribution is 0.0983. The summed E-state index contributed by atoms with van der Waals surface area (Å²) in [6, 6.07) is 15.3. The quantitative estimate of drug-likeness (QED) is 0.220. The van der Waals surface area contributed by atoms with Gasteiger partial charge in [-0.3, -0.25) is 9.69 Å². The molecule has 1 amide bonds. The number of fused-ring (bicyclic) bond motifs is 1. The number of unbranched alkanes of at least 4 members (excludes halogenated alkanes) is 1. The molecular weight excluding hydrogens is 510 g/mol. The van der Waals surface area contributed by atoms with Crippen molar-refractivity contribution in [1.82, 2.24) is 9.29 Å². The van der Waals surface area contributed by atoms with Crippen LogP contribution in [0, 0.1) is 0 Å². The molecule has 0 radical (unpaired) electrons. The summed E-state index contributed by atoms with van der Waals surface area (Å²) in [6.45, 7) is 7.30. The molecule has 0 bridgehead atoms. The van der Waals surface area contributed by atoms with Gasteiger partial charge in [0, 0.05) is 18.7 Å². The van der Waals surface area contributed by atoms with E-state index < -0.39 is 10.0 Å². The maximum atomic E-state index is 13.7. The van der Waals surface area contributed by atoms with Crippen molar-refractivity contribution in [3.05, 3.63) is 72.2 Å². The van der Waals surface area contributed by atoms with E-state index in [-0.39, 0.29) is 17.3 Å². The van der Waals surface area contributed by atoms with Gasteiger partial charge in [-0.2, -0.15) is 4.31 Å². The van der Waals surface area contributed by atoms with Crippen LogP contribution in [0.1, 0.15) is 49.7 Å². The first kappa shape index (κ1) is 26.8. The molecule has 0 aliphatic rings. The van der Waals surface area contributed by atoms with Crippen LogP contribution in [0.25, 0.3) is 10.2 Å². The number of benzene rings is 2. The number of amides is 1. The van der Waals surface area contributed by atoms with Crippen molar-refractivity contribution < 1.29 is 22.4 Å². The maximum Gasteiger partial charge on any atom is 0.260 e. The molecule has 2 aromatic carbocycles. The third kappa shape index (κ3) is 5.87. The van der Waals surface area contributed by atoms with E-state index in [2.05, 4.69) is 0 Å². The molecule has 8 nitrogen and oxygen atoms in total. The predicted molar refractivity (Wildman–Crippen MR) is 146 cm³/mol. The first-order chi connectivity index (χ1) is 17.9. The molecule has 4 rings (SSSR count). The SMILES string of the molecule is CCCCN(CC)S(=O)(=O)c1ccc(C(=O)N(Cc2ccco2)c2nc3c(OCC)cccc3s2)cc1. The van der Waals surface area contributed by atoms with Gasteiger partial charge < -0.3 is 9.15 Å². The smallest absolute Gasteiger partial charge is 0.260 e. The highest BCUT2D eigenvalue weighted by Gasteiger charge is 2.26. The second-order valence-electron chi connectivity index (χ2n) is 8.38. The Labute approximate surface area is 221 Å². The molecule has 0 saturated carbocycles.